The topological polar surface area (TPSA) is 107 Å². The first-order valence-electron chi connectivity index (χ1n) is 9.94. The second-order valence-corrected chi connectivity index (χ2v) is 7.07. The third-order valence-corrected chi connectivity index (χ3v) is 4.83. The normalized spacial score (nSPS) is 11.0. The molecule has 3 rings (SSSR count). The number of aryl methyl sites for hydroxylation is 2. The van der Waals surface area contributed by atoms with Gasteiger partial charge in [0, 0.05) is 23.5 Å². The van der Waals surface area contributed by atoms with Crippen molar-refractivity contribution >= 4 is 17.6 Å². The SMILES string of the molecule is CCCCOc1ccc(CCNC(=O)Cc2c(C)nc3nc(N)nn3c2C)cc1. The van der Waals surface area contributed by atoms with E-state index >= 15 is 0 Å². The molecular formula is C21H28N6O2. The van der Waals surface area contributed by atoms with Crippen LogP contribution in [-0.4, -0.2) is 38.6 Å². The van der Waals surface area contributed by atoms with Crippen LogP contribution in [0, 0.1) is 13.8 Å². The van der Waals surface area contributed by atoms with Crippen LogP contribution in [0.1, 0.15) is 42.3 Å². The minimum absolute atomic E-state index is 0.0510. The van der Waals surface area contributed by atoms with Crippen molar-refractivity contribution in [1.82, 2.24) is 24.9 Å². The molecule has 29 heavy (non-hydrogen) atoms. The van der Waals surface area contributed by atoms with Gasteiger partial charge in [-0.2, -0.15) is 9.50 Å². The number of nitrogen functional groups attached to an aromatic ring is 1. The van der Waals surface area contributed by atoms with E-state index in [-0.39, 0.29) is 18.3 Å². The highest BCUT2D eigenvalue weighted by atomic mass is 16.5. The van der Waals surface area contributed by atoms with Crippen molar-refractivity contribution < 1.29 is 9.53 Å². The molecule has 2 aromatic heterocycles. The second kappa shape index (κ2) is 9.36. The van der Waals surface area contributed by atoms with Gasteiger partial charge in [-0.25, -0.2) is 4.98 Å². The lowest BCUT2D eigenvalue weighted by atomic mass is 10.1. The van der Waals surface area contributed by atoms with Crippen molar-refractivity contribution in [1.29, 1.82) is 0 Å². The lowest BCUT2D eigenvalue weighted by Crippen LogP contribution is -2.28. The Morgan fingerprint density at radius 2 is 1.97 bits per heavy atom. The lowest BCUT2D eigenvalue weighted by Gasteiger charge is -2.11. The average molecular weight is 396 g/mol. The molecule has 1 amide bonds. The molecule has 3 N–H and O–H groups in total. The van der Waals surface area contributed by atoms with E-state index in [4.69, 9.17) is 10.5 Å². The monoisotopic (exact) mass is 396 g/mol. The zero-order chi connectivity index (χ0) is 20.8. The van der Waals surface area contributed by atoms with Crippen molar-refractivity contribution in [3.63, 3.8) is 0 Å². The number of nitrogens with two attached hydrogens (primary N) is 1. The van der Waals surface area contributed by atoms with E-state index < -0.39 is 0 Å². The number of benzene rings is 1. The Kier molecular flexibility index (Phi) is 6.64. The molecule has 154 valence electrons. The van der Waals surface area contributed by atoms with Gasteiger partial charge in [0.15, 0.2) is 0 Å². The van der Waals surface area contributed by atoms with Gasteiger partial charge in [0.2, 0.25) is 11.9 Å². The van der Waals surface area contributed by atoms with Crippen LogP contribution in [0.25, 0.3) is 5.78 Å². The molecule has 0 aliphatic carbocycles. The fourth-order valence-electron chi connectivity index (χ4n) is 3.14. The minimum Gasteiger partial charge on any atom is -0.494 e. The highest BCUT2D eigenvalue weighted by Crippen LogP contribution is 2.15. The van der Waals surface area contributed by atoms with E-state index in [1.165, 1.54) is 0 Å². The summed E-state index contributed by atoms with van der Waals surface area (Å²) < 4.78 is 7.25. The molecule has 0 aliphatic heterocycles. The van der Waals surface area contributed by atoms with E-state index in [1.54, 1.807) is 4.52 Å². The van der Waals surface area contributed by atoms with Gasteiger partial charge in [-0.1, -0.05) is 25.5 Å². The number of anilines is 1. The minimum atomic E-state index is -0.0510. The quantitative estimate of drug-likeness (QED) is 0.538. The summed E-state index contributed by atoms with van der Waals surface area (Å²) in [6.07, 6.45) is 3.17. The number of aromatic nitrogens is 4. The van der Waals surface area contributed by atoms with E-state index in [2.05, 4.69) is 27.3 Å². The van der Waals surface area contributed by atoms with Crippen molar-refractivity contribution in [3.05, 3.63) is 46.8 Å². The number of carbonyl (C=O) groups is 1. The van der Waals surface area contributed by atoms with Crippen molar-refractivity contribution in [2.24, 2.45) is 0 Å². The highest BCUT2D eigenvalue weighted by Gasteiger charge is 2.15. The van der Waals surface area contributed by atoms with Gasteiger partial charge < -0.3 is 15.8 Å². The van der Waals surface area contributed by atoms with Gasteiger partial charge in [0.25, 0.3) is 5.78 Å². The molecule has 0 fully saturated rings. The van der Waals surface area contributed by atoms with Gasteiger partial charge in [-0.05, 0) is 44.4 Å². The van der Waals surface area contributed by atoms with Gasteiger partial charge >= 0.3 is 0 Å². The Hall–Kier alpha value is -3.16. The van der Waals surface area contributed by atoms with Crippen molar-refractivity contribution in [2.45, 2.75) is 46.5 Å². The second-order valence-electron chi connectivity index (χ2n) is 7.07. The van der Waals surface area contributed by atoms with Gasteiger partial charge in [-0.15, -0.1) is 5.10 Å². The largest absolute Gasteiger partial charge is 0.494 e. The molecule has 2 heterocycles. The summed E-state index contributed by atoms with van der Waals surface area (Å²) in [6.45, 7) is 7.21. The average Bonchev–Trinajstić information content (AvgIpc) is 3.07. The number of rotatable bonds is 9. The summed E-state index contributed by atoms with van der Waals surface area (Å²) in [5, 5.41) is 7.11. The lowest BCUT2D eigenvalue weighted by molar-refractivity contribution is -0.120. The number of unbranched alkanes of at least 4 members (excludes halogenated alkanes) is 1. The van der Waals surface area contributed by atoms with Crippen LogP contribution < -0.4 is 15.8 Å². The summed E-state index contributed by atoms with van der Waals surface area (Å²) >= 11 is 0. The Morgan fingerprint density at radius 1 is 1.21 bits per heavy atom. The molecule has 0 saturated carbocycles. The van der Waals surface area contributed by atoms with Gasteiger partial charge in [0.1, 0.15) is 5.75 Å². The number of amides is 1. The first-order valence-corrected chi connectivity index (χ1v) is 9.94. The maximum Gasteiger partial charge on any atom is 0.254 e. The fourth-order valence-corrected chi connectivity index (χ4v) is 3.14. The fraction of sp³-hybridized carbons (Fsp3) is 0.429. The molecule has 0 radical (unpaired) electrons. The number of nitrogens with zero attached hydrogens (tertiary/aromatic N) is 4. The zero-order valence-electron chi connectivity index (χ0n) is 17.2. The third kappa shape index (κ3) is 5.22. The number of carbonyl (C=O) groups excluding carboxylic acids is 1. The Labute approximate surface area is 170 Å². The third-order valence-electron chi connectivity index (χ3n) is 4.83. The van der Waals surface area contributed by atoms with Crippen LogP contribution in [-0.2, 0) is 17.6 Å². The van der Waals surface area contributed by atoms with Crippen LogP contribution in [0.2, 0.25) is 0 Å². The number of ether oxygens (including phenoxy) is 1. The highest BCUT2D eigenvalue weighted by molar-refractivity contribution is 5.79. The van der Waals surface area contributed by atoms with Crippen LogP contribution >= 0.6 is 0 Å². The molecule has 3 aromatic rings. The van der Waals surface area contributed by atoms with Gasteiger partial charge in [-0.3, -0.25) is 4.79 Å². The molecule has 0 atom stereocenters. The van der Waals surface area contributed by atoms with Crippen LogP contribution in [0.15, 0.2) is 24.3 Å². The summed E-state index contributed by atoms with van der Waals surface area (Å²) in [5.41, 5.74) is 9.23. The number of fused-ring (bicyclic) bond motifs is 1. The Balaban J connectivity index is 1.52. The van der Waals surface area contributed by atoms with Crippen molar-refractivity contribution in [3.8, 4) is 5.75 Å². The molecule has 8 nitrogen and oxygen atoms in total. The molecule has 0 spiro atoms. The molecule has 0 saturated heterocycles. The van der Waals surface area contributed by atoms with E-state index in [9.17, 15) is 4.79 Å². The van der Waals surface area contributed by atoms with E-state index in [0.717, 1.165) is 54.1 Å². The van der Waals surface area contributed by atoms with Crippen LogP contribution in [0.3, 0.4) is 0 Å². The maximum absolute atomic E-state index is 12.4. The smallest absolute Gasteiger partial charge is 0.254 e. The first-order chi connectivity index (χ1) is 14.0. The Morgan fingerprint density at radius 3 is 2.69 bits per heavy atom. The summed E-state index contributed by atoms with van der Waals surface area (Å²) in [4.78, 5) is 20.9. The number of nitrogens with one attached hydrogen (secondary N) is 1. The molecule has 0 bridgehead atoms. The predicted octanol–water partition coefficient (Wildman–Crippen LogP) is 2.40. The molecule has 8 heteroatoms. The zero-order valence-corrected chi connectivity index (χ0v) is 17.2. The van der Waals surface area contributed by atoms with Gasteiger partial charge in [0.05, 0.1) is 13.0 Å². The Bertz CT molecular complexity index is 981. The molecule has 0 aliphatic rings. The van der Waals surface area contributed by atoms with Crippen LogP contribution in [0.4, 0.5) is 5.95 Å². The predicted molar refractivity (Wildman–Crippen MR) is 112 cm³/mol. The summed E-state index contributed by atoms with van der Waals surface area (Å²) in [6, 6.07) is 8.03. The summed E-state index contributed by atoms with van der Waals surface area (Å²) in [5.74, 6) is 1.45. The van der Waals surface area contributed by atoms with Crippen LogP contribution in [0.5, 0.6) is 5.75 Å². The summed E-state index contributed by atoms with van der Waals surface area (Å²) in [7, 11) is 0. The van der Waals surface area contributed by atoms with E-state index in [1.807, 2.05) is 38.1 Å². The standard InChI is InChI=1S/C21H28N6O2/c1-4-5-12-29-17-8-6-16(7-9-17)10-11-23-19(28)13-18-14(2)24-21-25-20(22)26-27(21)15(18)3/h6-9H,4-5,10-13H2,1-3H3,(H2,22,26)(H,23,28). The number of hydrogen-bond donors (Lipinski definition) is 2. The number of hydrogen-bond acceptors (Lipinski definition) is 6. The van der Waals surface area contributed by atoms with Crippen molar-refractivity contribution in [2.75, 3.05) is 18.9 Å². The molecule has 0 unspecified atom stereocenters. The van der Waals surface area contributed by atoms with E-state index in [0.29, 0.717) is 12.3 Å². The molecule has 1 aromatic carbocycles. The first kappa shape index (κ1) is 20.6. The molecular weight excluding hydrogens is 368 g/mol. The maximum atomic E-state index is 12.4.